The Morgan fingerprint density at radius 3 is 2.71 bits per heavy atom. The molecule has 0 saturated heterocycles. The SMILES string of the molecule is CSc1ccc(Cl)c(CC(=N)N(C)c2cccc(O)c2)c1. The average Bonchev–Trinajstić information content (AvgIpc) is 2.48. The lowest BCUT2D eigenvalue weighted by atomic mass is 10.1. The van der Waals surface area contributed by atoms with Gasteiger partial charge in [-0.25, -0.2) is 0 Å². The molecular weight excluding hydrogens is 304 g/mol. The van der Waals surface area contributed by atoms with Gasteiger partial charge >= 0.3 is 0 Å². The molecule has 2 aromatic carbocycles. The number of hydrogen-bond acceptors (Lipinski definition) is 3. The van der Waals surface area contributed by atoms with Crippen molar-refractivity contribution in [2.75, 3.05) is 18.2 Å². The van der Waals surface area contributed by atoms with Crippen molar-refractivity contribution in [2.45, 2.75) is 11.3 Å². The largest absolute Gasteiger partial charge is 0.508 e. The molecule has 0 heterocycles. The Kier molecular flexibility index (Phi) is 5.15. The number of phenolic OH excluding ortho intramolecular Hbond substituents is 1. The number of aromatic hydroxyl groups is 1. The van der Waals surface area contributed by atoms with Gasteiger partial charge in [0.05, 0.1) is 0 Å². The van der Waals surface area contributed by atoms with Gasteiger partial charge in [-0.3, -0.25) is 5.41 Å². The van der Waals surface area contributed by atoms with E-state index in [1.54, 1.807) is 34.9 Å². The molecule has 110 valence electrons. The topological polar surface area (TPSA) is 47.3 Å². The van der Waals surface area contributed by atoms with Crippen molar-refractivity contribution in [3.8, 4) is 5.75 Å². The molecule has 0 fully saturated rings. The third-order valence-corrected chi connectivity index (χ3v) is 4.33. The molecule has 0 atom stereocenters. The van der Waals surface area contributed by atoms with E-state index >= 15 is 0 Å². The van der Waals surface area contributed by atoms with Crippen LogP contribution in [0.1, 0.15) is 5.56 Å². The first-order chi connectivity index (χ1) is 10.0. The Bertz CT molecular complexity index is 660. The van der Waals surface area contributed by atoms with E-state index in [4.69, 9.17) is 17.0 Å². The van der Waals surface area contributed by atoms with Gasteiger partial charge < -0.3 is 10.0 Å². The van der Waals surface area contributed by atoms with Crippen LogP contribution in [-0.2, 0) is 6.42 Å². The van der Waals surface area contributed by atoms with Crippen molar-refractivity contribution in [3.05, 3.63) is 53.1 Å². The predicted octanol–water partition coefficient (Wildman–Crippen LogP) is 4.42. The first-order valence-electron chi connectivity index (χ1n) is 6.44. The lowest BCUT2D eigenvalue weighted by molar-refractivity contribution is 0.475. The summed E-state index contributed by atoms with van der Waals surface area (Å²) in [6.45, 7) is 0. The Morgan fingerprint density at radius 2 is 2.05 bits per heavy atom. The van der Waals surface area contributed by atoms with Crippen LogP contribution < -0.4 is 4.90 Å². The fourth-order valence-corrected chi connectivity index (χ4v) is 2.62. The Hall–Kier alpha value is -1.65. The molecule has 0 unspecified atom stereocenters. The summed E-state index contributed by atoms with van der Waals surface area (Å²) >= 11 is 7.86. The van der Waals surface area contributed by atoms with Crippen molar-refractivity contribution in [2.24, 2.45) is 0 Å². The minimum Gasteiger partial charge on any atom is -0.508 e. The van der Waals surface area contributed by atoms with E-state index in [9.17, 15) is 5.11 Å². The molecule has 3 nitrogen and oxygen atoms in total. The summed E-state index contributed by atoms with van der Waals surface area (Å²) in [4.78, 5) is 2.86. The monoisotopic (exact) mass is 320 g/mol. The van der Waals surface area contributed by atoms with Gasteiger partial charge in [0.15, 0.2) is 0 Å². The first-order valence-corrected chi connectivity index (χ1v) is 8.04. The van der Waals surface area contributed by atoms with Crippen LogP contribution in [0.2, 0.25) is 5.02 Å². The fraction of sp³-hybridized carbons (Fsp3) is 0.188. The molecule has 0 spiro atoms. The van der Waals surface area contributed by atoms with Crippen LogP contribution >= 0.6 is 23.4 Å². The summed E-state index contributed by atoms with van der Waals surface area (Å²) in [6, 6.07) is 12.7. The van der Waals surface area contributed by atoms with Gasteiger partial charge in [0.25, 0.3) is 0 Å². The maximum atomic E-state index is 9.52. The van der Waals surface area contributed by atoms with E-state index in [1.165, 1.54) is 0 Å². The Labute approximate surface area is 134 Å². The zero-order valence-electron chi connectivity index (χ0n) is 11.9. The zero-order chi connectivity index (χ0) is 15.4. The van der Waals surface area contributed by atoms with E-state index in [-0.39, 0.29) is 5.75 Å². The normalized spacial score (nSPS) is 10.4. The molecule has 0 aromatic heterocycles. The second-order valence-electron chi connectivity index (χ2n) is 4.66. The summed E-state index contributed by atoms with van der Waals surface area (Å²) in [7, 11) is 1.81. The second kappa shape index (κ2) is 6.87. The van der Waals surface area contributed by atoms with Crippen molar-refractivity contribution in [1.82, 2.24) is 0 Å². The van der Waals surface area contributed by atoms with Crippen LogP contribution in [0.3, 0.4) is 0 Å². The number of rotatable bonds is 4. The molecule has 5 heteroatoms. The number of nitrogens with zero attached hydrogens (tertiary/aromatic N) is 1. The molecule has 2 aromatic rings. The third kappa shape index (κ3) is 3.93. The van der Waals surface area contributed by atoms with Gasteiger partial charge in [-0.1, -0.05) is 17.7 Å². The van der Waals surface area contributed by atoms with E-state index < -0.39 is 0 Å². The highest BCUT2D eigenvalue weighted by Gasteiger charge is 2.11. The molecule has 0 aliphatic heterocycles. The molecule has 0 bridgehead atoms. The highest BCUT2D eigenvalue weighted by Crippen LogP contribution is 2.25. The molecule has 0 aliphatic rings. The molecule has 0 amide bonds. The van der Waals surface area contributed by atoms with Gasteiger partial charge in [0.2, 0.25) is 0 Å². The number of anilines is 1. The quantitative estimate of drug-likeness (QED) is 0.498. The number of amidine groups is 1. The van der Waals surface area contributed by atoms with Crippen LogP contribution in [0.25, 0.3) is 0 Å². The highest BCUT2D eigenvalue weighted by molar-refractivity contribution is 7.98. The van der Waals surface area contributed by atoms with Crippen LogP contribution in [0.4, 0.5) is 5.69 Å². The maximum Gasteiger partial charge on any atom is 0.117 e. The Balaban J connectivity index is 2.18. The highest BCUT2D eigenvalue weighted by atomic mass is 35.5. The van der Waals surface area contributed by atoms with Crippen LogP contribution in [-0.4, -0.2) is 24.2 Å². The lowest BCUT2D eigenvalue weighted by Gasteiger charge is -2.21. The molecule has 0 saturated carbocycles. The van der Waals surface area contributed by atoms with Crippen molar-refractivity contribution >= 4 is 34.9 Å². The minimum atomic E-state index is 0.189. The number of phenols is 1. The van der Waals surface area contributed by atoms with Crippen LogP contribution in [0.5, 0.6) is 5.75 Å². The van der Waals surface area contributed by atoms with E-state index in [0.29, 0.717) is 17.3 Å². The predicted molar refractivity (Wildman–Crippen MR) is 91.2 cm³/mol. The van der Waals surface area contributed by atoms with Crippen molar-refractivity contribution < 1.29 is 5.11 Å². The summed E-state index contributed by atoms with van der Waals surface area (Å²) in [5, 5.41) is 18.4. The van der Waals surface area contributed by atoms with Crippen LogP contribution in [0, 0.1) is 5.41 Å². The number of nitrogens with one attached hydrogen (secondary N) is 1. The molecule has 0 aliphatic carbocycles. The molecule has 21 heavy (non-hydrogen) atoms. The number of likely N-dealkylation sites (N-methyl/N-ethyl adjacent to an activating group) is 1. The second-order valence-corrected chi connectivity index (χ2v) is 5.95. The fourth-order valence-electron chi connectivity index (χ4n) is 1.97. The summed E-state index contributed by atoms with van der Waals surface area (Å²) in [6.07, 6.45) is 2.45. The summed E-state index contributed by atoms with van der Waals surface area (Å²) in [5.41, 5.74) is 1.71. The first kappa shape index (κ1) is 15.7. The molecule has 0 radical (unpaired) electrons. The average molecular weight is 321 g/mol. The summed E-state index contributed by atoms with van der Waals surface area (Å²) in [5.74, 6) is 0.607. The zero-order valence-corrected chi connectivity index (χ0v) is 13.5. The molecule has 2 rings (SSSR count). The number of thioether (sulfide) groups is 1. The van der Waals surface area contributed by atoms with Gasteiger partial charge in [0.1, 0.15) is 11.6 Å². The molecular formula is C16H17ClN2OS. The van der Waals surface area contributed by atoms with Gasteiger partial charge in [-0.05, 0) is 42.2 Å². The van der Waals surface area contributed by atoms with E-state index in [0.717, 1.165) is 16.1 Å². The maximum absolute atomic E-state index is 9.52. The molecule has 2 N–H and O–H groups in total. The minimum absolute atomic E-state index is 0.189. The Morgan fingerprint density at radius 1 is 1.29 bits per heavy atom. The van der Waals surface area contributed by atoms with Gasteiger partial charge in [0, 0.05) is 35.1 Å². The van der Waals surface area contributed by atoms with E-state index in [2.05, 4.69) is 0 Å². The number of halogens is 1. The van der Waals surface area contributed by atoms with E-state index in [1.807, 2.05) is 37.6 Å². The van der Waals surface area contributed by atoms with Gasteiger partial charge in [-0.2, -0.15) is 0 Å². The summed E-state index contributed by atoms with van der Waals surface area (Å²) < 4.78 is 0. The van der Waals surface area contributed by atoms with Gasteiger partial charge in [-0.15, -0.1) is 11.8 Å². The van der Waals surface area contributed by atoms with Crippen LogP contribution in [0.15, 0.2) is 47.4 Å². The lowest BCUT2D eigenvalue weighted by Crippen LogP contribution is -2.27. The number of benzene rings is 2. The standard InChI is InChI=1S/C16H17ClN2OS/c1-19(12-4-3-5-13(20)10-12)16(18)9-11-8-14(21-2)6-7-15(11)17/h3-8,10,18,20H,9H2,1-2H3. The van der Waals surface area contributed by atoms with Crippen molar-refractivity contribution in [1.29, 1.82) is 5.41 Å². The smallest absolute Gasteiger partial charge is 0.117 e. The number of hydrogen-bond donors (Lipinski definition) is 2. The third-order valence-electron chi connectivity index (χ3n) is 3.23. The van der Waals surface area contributed by atoms with Crippen molar-refractivity contribution in [3.63, 3.8) is 0 Å².